The third kappa shape index (κ3) is 6.03. The van der Waals surface area contributed by atoms with Crippen molar-refractivity contribution >= 4 is 40.5 Å². The molecule has 1 aromatic carbocycles. The van der Waals surface area contributed by atoms with E-state index >= 15 is 0 Å². The Kier molecular flexibility index (Phi) is 8.03. The quantitative estimate of drug-likeness (QED) is 0.246. The maximum absolute atomic E-state index is 13.3. The van der Waals surface area contributed by atoms with Crippen LogP contribution in [0.2, 0.25) is 0 Å². The third-order valence-electron chi connectivity index (χ3n) is 6.10. The Bertz CT molecular complexity index is 1450. The van der Waals surface area contributed by atoms with Crippen LogP contribution in [0.4, 0.5) is 4.79 Å². The van der Waals surface area contributed by atoms with Gasteiger partial charge < -0.3 is 24.3 Å². The van der Waals surface area contributed by atoms with Crippen LogP contribution in [0, 0.1) is 0 Å². The number of carbonyl (C=O) groups excluding carboxylic acids is 5. The highest BCUT2D eigenvalue weighted by Gasteiger charge is 2.32. The molecule has 0 aliphatic carbocycles. The number of H-pyrrole nitrogens is 1. The molecule has 4 amide bonds. The first-order valence-electron chi connectivity index (χ1n) is 12.5. The average molecular weight is 551 g/mol. The summed E-state index contributed by atoms with van der Waals surface area (Å²) in [7, 11) is 1.37. The van der Waals surface area contributed by atoms with Crippen LogP contribution in [0.5, 0.6) is 5.75 Å². The summed E-state index contributed by atoms with van der Waals surface area (Å²) in [6.45, 7) is 5.96. The van der Waals surface area contributed by atoms with Crippen LogP contribution in [0.1, 0.15) is 52.0 Å². The van der Waals surface area contributed by atoms with Crippen molar-refractivity contribution in [3.05, 3.63) is 59.5 Å². The second-order valence-electron chi connectivity index (χ2n) is 9.99. The van der Waals surface area contributed by atoms with Crippen LogP contribution >= 0.6 is 0 Å². The molecule has 0 unspecified atom stereocenters. The number of nitrogens with zero attached hydrogens (tertiary/aromatic N) is 3. The van der Waals surface area contributed by atoms with Crippen molar-refractivity contribution in [3.63, 3.8) is 0 Å². The molecule has 0 radical (unpaired) electrons. The molecule has 2 aromatic heterocycles. The van der Waals surface area contributed by atoms with Crippen molar-refractivity contribution in [1.82, 2.24) is 30.6 Å². The van der Waals surface area contributed by atoms with E-state index in [-0.39, 0.29) is 60.0 Å². The van der Waals surface area contributed by atoms with Crippen LogP contribution in [0.15, 0.2) is 42.7 Å². The molecule has 40 heavy (non-hydrogen) atoms. The van der Waals surface area contributed by atoms with Crippen molar-refractivity contribution in [2.24, 2.45) is 0 Å². The largest absolute Gasteiger partial charge is 0.494 e. The summed E-state index contributed by atoms with van der Waals surface area (Å²) >= 11 is 0. The molecule has 0 bridgehead atoms. The van der Waals surface area contributed by atoms with Gasteiger partial charge in [-0.05, 0) is 32.9 Å². The number of piperazine rings is 1. The molecule has 3 aromatic rings. The number of hydrogen-bond donors (Lipinski definition) is 3. The molecule has 1 fully saturated rings. The minimum atomic E-state index is -0.871. The fourth-order valence-electron chi connectivity index (χ4n) is 4.23. The van der Waals surface area contributed by atoms with Gasteiger partial charge in [-0.15, -0.1) is 0 Å². The van der Waals surface area contributed by atoms with E-state index in [1.165, 1.54) is 24.4 Å². The number of hydrazine groups is 1. The fourth-order valence-corrected chi connectivity index (χ4v) is 4.23. The Balaban J connectivity index is 1.48. The highest BCUT2D eigenvalue weighted by molar-refractivity contribution is 6.45. The lowest BCUT2D eigenvalue weighted by Gasteiger charge is -2.34. The third-order valence-corrected chi connectivity index (χ3v) is 6.10. The van der Waals surface area contributed by atoms with Gasteiger partial charge in [-0.25, -0.2) is 15.2 Å². The average Bonchev–Trinajstić information content (AvgIpc) is 3.39. The number of rotatable bonds is 5. The topological polar surface area (TPSA) is 163 Å². The Hall–Kier alpha value is -4.94. The number of carbonyl (C=O) groups is 5. The first kappa shape index (κ1) is 28.1. The number of methoxy groups -OCH3 is 1. The lowest BCUT2D eigenvalue weighted by atomic mass is 10.1. The number of aromatic nitrogens is 2. The molecule has 0 spiro atoms. The van der Waals surface area contributed by atoms with E-state index < -0.39 is 29.3 Å². The smallest absolute Gasteiger partial charge is 0.426 e. The maximum Gasteiger partial charge on any atom is 0.426 e. The van der Waals surface area contributed by atoms with Gasteiger partial charge in [-0.3, -0.25) is 24.6 Å². The molecule has 4 rings (SSSR count). The molecule has 210 valence electrons. The number of pyridine rings is 1. The lowest BCUT2D eigenvalue weighted by Crippen LogP contribution is -2.52. The van der Waals surface area contributed by atoms with E-state index in [2.05, 4.69) is 20.8 Å². The lowest BCUT2D eigenvalue weighted by molar-refractivity contribution is -0.127. The molecule has 3 N–H and O–H groups in total. The Morgan fingerprint density at radius 1 is 0.950 bits per heavy atom. The zero-order valence-electron chi connectivity index (χ0n) is 22.6. The molecule has 1 aliphatic heterocycles. The van der Waals surface area contributed by atoms with E-state index in [1.54, 1.807) is 49.9 Å². The number of Topliss-reactive ketones (excluding diaryl/α,β-unsaturated/α-hetero) is 1. The summed E-state index contributed by atoms with van der Waals surface area (Å²) in [5.41, 5.74) is 4.12. The van der Waals surface area contributed by atoms with Gasteiger partial charge >= 0.3 is 6.09 Å². The van der Waals surface area contributed by atoms with Crippen molar-refractivity contribution < 1.29 is 33.4 Å². The standard InChI is InChI=1S/C27H30N6O7/c1-27(2,3)40-26(38)31-30-23(35)21-20-19(18(39-4)15-29-21)17(14-28-20)22(34)25(37)33-12-10-32(11-13-33)24(36)16-8-6-5-7-9-16/h5-9,14-15,28H,10-13H2,1-4H3,(H,30,35)(H,31,38). The van der Waals surface area contributed by atoms with Gasteiger partial charge in [0.2, 0.25) is 0 Å². The number of fused-ring (bicyclic) bond motifs is 1. The summed E-state index contributed by atoms with van der Waals surface area (Å²) in [4.78, 5) is 73.8. The van der Waals surface area contributed by atoms with Crippen molar-refractivity contribution in [2.45, 2.75) is 26.4 Å². The number of aromatic amines is 1. The number of nitrogens with one attached hydrogen (secondary N) is 3. The van der Waals surface area contributed by atoms with E-state index in [0.717, 1.165) is 0 Å². The zero-order valence-corrected chi connectivity index (χ0v) is 22.6. The van der Waals surface area contributed by atoms with Gasteiger partial charge in [-0.1, -0.05) is 18.2 Å². The molecule has 0 atom stereocenters. The first-order chi connectivity index (χ1) is 19.0. The van der Waals surface area contributed by atoms with Crippen LogP contribution in [0.3, 0.4) is 0 Å². The molecular weight excluding hydrogens is 520 g/mol. The van der Waals surface area contributed by atoms with Crippen molar-refractivity contribution in [3.8, 4) is 5.75 Å². The number of benzene rings is 1. The Morgan fingerprint density at radius 2 is 1.60 bits per heavy atom. The summed E-state index contributed by atoms with van der Waals surface area (Å²) in [5.74, 6) is -2.31. The van der Waals surface area contributed by atoms with Crippen LogP contribution in [0.25, 0.3) is 10.9 Å². The normalized spacial score (nSPS) is 13.5. The van der Waals surface area contributed by atoms with Crippen LogP contribution < -0.4 is 15.6 Å². The molecular formula is C27H30N6O7. The highest BCUT2D eigenvalue weighted by Crippen LogP contribution is 2.30. The van der Waals surface area contributed by atoms with Gasteiger partial charge in [-0.2, -0.15) is 0 Å². The van der Waals surface area contributed by atoms with E-state index in [4.69, 9.17) is 9.47 Å². The number of amides is 4. The van der Waals surface area contributed by atoms with Crippen LogP contribution in [-0.2, 0) is 9.53 Å². The highest BCUT2D eigenvalue weighted by atomic mass is 16.6. The second-order valence-corrected chi connectivity index (χ2v) is 9.99. The number of ether oxygens (including phenoxy) is 2. The number of hydrogen-bond acceptors (Lipinski definition) is 8. The SMILES string of the molecule is COc1cnc(C(=O)NNC(=O)OC(C)(C)C)c2[nH]cc(C(=O)C(=O)N3CCN(C(=O)c4ccccc4)CC3)c12. The van der Waals surface area contributed by atoms with Crippen LogP contribution in [-0.4, -0.2) is 88.3 Å². The van der Waals surface area contributed by atoms with Gasteiger partial charge in [0.25, 0.3) is 23.5 Å². The first-order valence-corrected chi connectivity index (χ1v) is 12.5. The van der Waals surface area contributed by atoms with Gasteiger partial charge in [0, 0.05) is 37.9 Å². The van der Waals surface area contributed by atoms with Gasteiger partial charge in [0.05, 0.1) is 29.8 Å². The van der Waals surface area contributed by atoms with Gasteiger partial charge in [0.15, 0.2) is 5.69 Å². The minimum absolute atomic E-state index is 0.00352. The van der Waals surface area contributed by atoms with Gasteiger partial charge in [0.1, 0.15) is 11.4 Å². The fraction of sp³-hybridized carbons (Fsp3) is 0.333. The summed E-state index contributed by atoms with van der Waals surface area (Å²) < 4.78 is 10.4. The molecule has 0 saturated carbocycles. The van der Waals surface area contributed by atoms with E-state index in [0.29, 0.717) is 5.56 Å². The van der Waals surface area contributed by atoms with Crippen molar-refractivity contribution in [1.29, 1.82) is 0 Å². The second kappa shape index (κ2) is 11.4. The predicted octanol–water partition coefficient (Wildman–Crippen LogP) is 1.91. The molecule has 13 heteroatoms. The maximum atomic E-state index is 13.3. The molecule has 13 nitrogen and oxygen atoms in total. The summed E-state index contributed by atoms with van der Waals surface area (Å²) in [6.07, 6.45) is 1.68. The summed E-state index contributed by atoms with van der Waals surface area (Å²) in [6, 6.07) is 8.84. The predicted molar refractivity (Wildman–Crippen MR) is 143 cm³/mol. The number of ketones is 1. The Morgan fingerprint density at radius 3 is 2.23 bits per heavy atom. The minimum Gasteiger partial charge on any atom is -0.494 e. The van der Waals surface area contributed by atoms with E-state index in [9.17, 15) is 24.0 Å². The summed E-state index contributed by atoms with van der Waals surface area (Å²) in [5, 5.41) is 0.191. The molecule has 3 heterocycles. The molecule has 1 saturated heterocycles. The Labute approximate surface area is 229 Å². The van der Waals surface area contributed by atoms with Crippen molar-refractivity contribution in [2.75, 3.05) is 33.3 Å². The zero-order chi connectivity index (χ0) is 29.0. The monoisotopic (exact) mass is 550 g/mol. The molecule has 1 aliphatic rings. The van der Waals surface area contributed by atoms with E-state index in [1.807, 2.05) is 6.07 Å².